The fourth-order valence-corrected chi connectivity index (χ4v) is 1.34. The van der Waals surface area contributed by atoms with E-state index in [0.717, 1.165) is 12.0 Å². The molecule has 1 rings (SSSR count). The summed E-state index contributed by atoms with van der Waals surface area (Å²) >= 11 is 0. The van der Waals surface area contributed by atoms with Crippen molar-refractivity contribution in [1.82, 2.24) is 0 Å². The van der Waals surface area contributed by atoms with Gasteiger partial charge in [-0.2, -0.15) is 0 Å². The van der Waals surface area contributed by atoms with Crippen LogP contribution in [0.4, 0.5) is 5.69 Å². The number of rotatable bonds is 6. The van der Waals surface area contributed by atoms with Crippen LogP contribution in [0, 0.1) is 0 Å². The summed E-state index contributed by atoms with van der Waals surface area (Å²) in [7, 11) is 4.63. The van der Waals surface area contributed by atoms with Gasteiger partial charge < -0.3 is 24.3 Å². The molecule has 0 fully saturated rings. The fraction of sp³-hybridized carbons (Fsp3) is 0.364. The van der Waals surface area contributed by atoms with Gasteiger partial charge in [0.15, 0.2) is 11.5 Å². The zero-order valence-electron chi connectivity index (χ0n) is 9.57. The van der Waals surface area contributed by atoms with Crippen molar-refractivity contribution in [2.45, 2.75) is 0 Å². The minimum Gasteiger partial charge on any atom is -0.493 e. The number of hydrogen-bond acceptors (Lipinski definition) is 5. The average molecular weight is 225 g/mol. The third kappa shape index (κ3) is 2.56. The van der Waals surface area contributed by atoms with Crippen molar-refractivity contribution in [1.29, 1.82) is 0 Å². The van der Waals surface area contributed by atoms with E-state index in [0.29, 0.717) is 17.2 Å². The van der Waals surface area contributed by atoms with E-state index in [-0.39, 0.29) is 6.54 Å². The molecule has 0 aliphatic heterocycles. The first-order chi connectivity index (χ1) is 7.76. The molecule has 1 aromatic rings. The molecule has 5 nitrogen and oxygen atoms in total. The molecule has 0 radical (unpaired) electrons. The summed E-state index contributed by atoms with van der Waals surface area (Å²) in [4.78, 5) is 10.3. The Morgan fingerprint density at radius 2 is 1.69 bits per heavy atom. The van der Waals surface area contributed by atoms with E-state index in [4.69, 9.17) is 14.2 Å². The number of aldehydes is 1. The molecule has 16 heavy (non-hydrogen) atoms. The third-order valence-electron chi connectivity index (χ3n) is 2.05. The summed E-state index contributed by atoms with van der Waals surface area (Å²) in [5, 5.41) is 2.91. The van der Waals surface area contributed by atoms with Crippen LogP contribution in [0.5, 0.6) is 17.2 Å². The first kappa shape index (κ1) is 12.2. The Balaban J connectivity index is 3.09. The van der Waals surface area contributed by atoms with Crippen molar-refractivity contribution in [2.75, 3.05) is 33.2 Å². The summed E-state index contributed by atoms with van der Waals surface area (Å²) in [6.45, 7) is 0.235. The van der Waals surface area contributed by atoms with Gasteiger partial charge in [-0.05, 0) is 0 Å². The second-order valence-corrected chi connectivity index (χ2v) is 2.96. The molecule has 0 aliphatic rings. The monoisotopic (exact) mass is 225 g/mol. The van der Waals surface area contributed by atoms with Crippen molar-refractivity contribution in [3.05, 3.63) is 12.1 Å². The molecule has 0 bridgehead atoms. The maximum Gasteiger partial charge on any atom is 0.203 e. The van der Waals surface area contributed by atoms with Crippen molar-refractivity contribution in [3.8, 4) is 17.2 Å². The van der Waals surface area contributed by atoms with Crippen LogP contribution in [-0.4, -0.2) is 34.2 Å². The van der Waals surface area contributed by atoms with Crippen molar-refractivity contribution in [2.24, 2.45) is 0 Å². The molecule has 0 heterocycles. The van der Waals surface area contributed by atoms with E-state index in [1.165, 1.54) is 0 Å². The maximum absolute atomic E-state index is 10.3. The molecule has 1 N–H and O–H groups in total. The highest BCUT2D eigenvalue weighted by Crippen LogP contribution is 2.39. The van der Waals surface area contributed by atoms with Crippen LogP contribution in [0.15, 0.2) is 12.1 Å². The zero-order chi connectivity index (χ0) is 12.0. The average Bonchev–Trinajstić information content (AvgIpc) is 2.34. The number of nitrogens with one attached hydrogen (secondary N) is 1. The number of methoxy groups -OCH3 is 3. The van der Waals surface area contributed by atoms with Gasteiger partial charge in [0, 0.05) is 17.8 Å². The van der Waals surface area contributed by atoms with Crippen LogP contribution in [0.2, 0.25) is 0 Å². The molecule has 0 saturated carbocycles. The summed E-state index contributed by atoms with van der Waals surface area (Å²) < 4.78 is 15.5. The van der Waals surface area contributed by atoms with Crippen LogP contribution in [0.25, 0.3) is 0 Å². The summed E-state index contributed by atoms with van der Waals surface area (Å²) in [5.74, 6) is 1.63. The molecule has 0 spiro atoms. The smallest absolute Gasteiger partial charge is 0.203 e. The number of anilines is 1. The standard InChI is InChI=1S/C11H15NO4/c1-14-9-6-8(12-4-5-13)7-10(15-2)11(9)16-3/h5-7,12H,4H2,1-3H3. The Morgan fingerprint density at radius 3 is 2.06 bits per heavy atom. The van der Waals surface area contributed by atoms with E-state index in [9.17, 15) is 4.79 Å². The molecule has 1 aromatic carbocycles. The van der Waals surface area contributed by atoms with Crippen LogP contribution in [0.1, 0.15) is 0 Å². The molecule has 0 atom stereocenters. The fourth-order valence-electron chi connectivity index (χ4n) is 1.34. The van der Waals surface area contributed by atoms with Gasteiger partial charge in [-0.15, -0.1) is 0 Å². The predicted molar refractivity (Wildman–Crippen MR) is 60.7 cm³/mol. The van der Waals surface area contributed by atoms with Gasteiger partial charge in [0.1, 0.15) is 6.29 Å². The number of ether oxygens (including phenoxy) is 3. The van der Waals surface area contributed by atoms with E-state index >= 15 is 0 Å². The molecule has 0 aliphatic carbocycles. The normalized spacial score (nSPS) is 9.44. The zero-order valence-corrected chi connectivity index (χ0v) is 9.57. The first-order valence-corrected chi connectivity index (χ1v) is 4.74. The Hall–Kier alpha value is -1.91. The quantitative estimate of drug-likeness (QED) is 0.740. The molecular weight excluding hydrogens is 210 g/mol. The van der Waals surface area contributed by atoms with Crippen molar-refractivity contribution >= 4 is 12.0 Å². The van der Waals surface area contributed by atoms with E-state index in [2.05, 4.69) is 5.32 Å². The molecule has 0 aromatic heterocycles. The molecule has 0 unspecified atom stereocenters. The lowest BCUT2D eigenvalue weighted by Gasteiger charge is -2.14. The second kappa shape index (κ2) is 5.85. The SMILES string of the molecule is COc1cc(NCC=O)cc(OC)c1OC. The van der Waals surface area contributed by atoms with Gasteiger partial charge in [0.05, 0.1) is 27.9 Å². The Bertz CT molecular complexity index is 340. The van der Waals surface area contributed by atoms with E-state index in [1.807, 2.05) is 0 Å². The lowest BCUT2D eigenvalue weighted by molar-refractivity contribution is -0.106. The van der Waals surface area contributed by atoms with Crippen LogP contribution in [0.3, 0.4) is 0 Å². The largest absolute Gasteiger partial charge is 0.493 e. The number of carbonyl (C=O) groups excluding carboxylic acids is 1. The Kier molecular flexibility index (Phi) is 4.44. The third-order valence-corrected chi connectivity index (χ3v) is 2.05. The first-order valence-electron chi connectivity index (χ1n) is 4.74. The topological polar surface area (TPSA) is 56.8 Å². The minimum atomic E-state index is 0.235. The minimum absolute atomic E-state index is 0.235. The second-order valence-electron chi connectivity index (χ2n) is 2.96. The lowest BCUT2D eigenvalue weighted by Crippen LogP contribution is -2.03. The van der Waals surface area contributed by atoms with Gasteiger partial charge in [0.25, 0.3) is 0 Å². The highest BCUT2D eigenvalue weighted by atomic mass is 16.5. The van der Waals surface area contributed by atoms with E-state index < -0.39 is 0 Å². The van der Waals surface area contributed by atoms with Gasteiger partial charge in [-0.3, -0.25) is 0 Å². The van der Waals surface area contributed by atoms with Gasteiger partial charge in [0.2, 0.25) is 5.75 Å². The lowest BCUT2D eigenvalue weighted by atomic mass is 10.2. The van der Waals surface area contributed by atoms with Crippen LogP contribution < -0.4 is 19.5 Å². The van der Waals surface area contributed by atoms with Crippen molar-refractivity contribution < 1.29 is 19.0 Å². The summed E-state index contributed by atoms with van der Waals surface area (Å²) in [5.41, 5.74) is 0.738. The summed E-state index contributed by atoms with van der Waals surface area (Å²) in [6, 6.07) is 3.48. The molecule has 0 saturated heterocycles. The maximum atomic E-state index is 10.3. The Labute approximate surface area is 94.3 Å². The van der Waals surface area contributed by atoms with Gasteiger partial charge >= 0.3 is 0 Å². The number of carbonyl (C=O) groups is 1. The molecule has 0 amide bonds. The van der Waals surface area contributed by atoms with Crippen molar-refractivity contribution in [3.63, 3.8) is 0 Å². The highest BCUT2D eigenvalue weighted by molar-refractivity contribution is 5.65. The van der Waals surface area contributed by atoms with Crippen LogP contribution in [-0.2, 0) is 4.79 Å². The van der Waals surface area contributed by atoms with E-state index in [1.54, 1.807) is 33.5 Å². The number of benzene rings is 1. The molecule has 5 heteroatoms. The van der Waals surface area contributed by atoms with Gasteiger partial charge in [-0.1, -0.05) is 0 Å². The van der Waals surface area contributed by atoms with Crippen LogP contribution >= 0.6 is 0 Å². The molecule has 88 valence electrons. The number of hydrogen-bond donors (Lipinski definition) is 1. The van der Waals surface area contributed by atoms with Gasteiger partial charge in [-0.25, -0.2) is 0 Å². The predicted octanol–water partition coefficient (Wildman–Crippen LogP) is 1.32. The molecular formula is C11H15NO4. The summed E-state index contributed by atoms with van der Waals surface area (Å²) in [6.07, 6.45) is 0.781. The highest BCUT2D eigenvalue weighted by Gasteiger charge is 2.12. The Morgan fingerprint density at radius 1 is 1.12 bits per heavy atom.